The number of aliphatic carboxylic acids is 1. The Morgan fingerprint density at radius 1 is 0.868 bits per heavy atom. The summed E-state index contributed by atoms with van der Waals surface area (Å²) in [5.41, 5.74) is 7.73. The molecule has 0 saturated heterocycles. The van der Waals surface area contributed by atoms with E-state index >= 15 is 0 Å². The summed E-state index contributed by atoms with van der Waals surface area (Å²) in [5, 5.41) is 9.15. The Balaban J connectivity index is 1.82. The summed E-state index contributed by atoms with van der Waals surface area (Å²) in [5.74, 6) is -1.33. The van der Waals surface area contributed by atoms with Gasteiger partial charge in [0, 0.05) is 25.7 Å². The second-order valence-corrected chi connectivity index (χ2v) is 8.67. The molecule has 3 aromatic rings. The zero-order chi connectivity index (χ0) is 27.8. The molecule has 0 radical (unpaired) electrons. The molecule has 0 aliphatic carbocycles. The molecule has 0 aliphatic heterocycles. The fourth-order valence-electron chi connectivity index (χ4n) is 3.67. The maximum absolute atomic E-state index is 13.0. The van der Waals surface area contributed by atoms with Crippen molar-refractivity contribution in [3.8, 4) is 23.0 Å². The van der Waals surface area contributed by atoms with Gasteiger partial charge in [0.2, 0.25) is 5.91 Å². The van der Waals surface area contributed by atoms with Crippen LogP contribution in [0.1, 0.15) is 16.7 Å². The minimum Gasteiger partial charge on any atom is -0.497 e. The predicted octanol–water partition coefficient (Wildman–Crippen LogP) is 3.85. The molecule has 0 aromatic heterocycles. The van der Waals surface area contributed by atoms with Gasteiger partial charge in [0.15, 0.2) is 0 Å². The van der Waals surface area contributed by atoms with E-state index in [0.717, 1.165) is 5.56 Å². The number of carbonyl (C=O) groups is 3. The van der Waals surface area contributed by atoms with Crippen molar-refractivity contribution in [1.29, 1.82) is 0 Å². The molecule has 0 spiro atoms. The largest absolute Gasteiger partial charge is 0.497 e. The van der Waals surface area contributed by atoms with E-state index in [-0.39, 0.29) is 12.3 Å². The van der Waals surface area contributed by atoms with Gasteiger partial charge in [-0.15, -0.1) is 0 Å². The van der Waals surface area contributed by atoms with Gasteiger partial charge in [-0.05, 0) is 65.6 Å². The van der Waals surface area contributed by atoms with Crippen LogP contribution >= 0.6 is 0 Å². The molecule has 3 N–H and O–H groups in total. The maximum atomic E-state index is 13.0. The van der Waals surface area contributed by atoms with Gasteiger partial charge in [0.25, 0.3) is 5.91 Å². The second kappa shape index (κ2) is 12.4. The molecule has 9 nitrogen and oxygen atoms in total. The van der Waals surface area contributed by atoms with Crippen LogP contribution in [-0.4, -0.2) is 56.1 Å². The van der Waals surface area contributed by atoms with Crippen LogP contribution in [-0.2, 0) is 20.8 Å². The van der Waals surface area contributed by atoms with Crippen molar-refractivity contribution in [2.45, 2.75) is 6.42 Å². The molecular weight excluding hydrogens is 488 g/mol. The van der Waals surface area contributed by atoms with Crippen molar-refractivity contribution in [3.05, 3.63) is 83.4 Å². The van der Waals surface area contributed by atoms with Crippen LogP contribution in [0.4, 0.5) is 0 Å². The average molecular weight is 519 g/mol. The van der Waals surface area contributed by atoms with E-state index in [9.17, 15) is 14.4 Å². The number of likely N-dealkylation sites (N-methyl/N-ethyl adjacent to an activating group) is 1. The molecule has 0 saturated carbocycles. The van der Waals surface area contributed by atoms with Gasteiger partial charge in [-0.25, -0.2) is 0 Å². The lowest BCUT2D eigenvalue weighted by Gasteiger charge is -2.15. The van der Waals surface area contributed by atoms with E-state index in [1.54, 1.807) is 89.0 Å². The molecule has 0 aliphatic rings. The van der Waals surface area contributed by atoms with Crippen molar-refractivity contribution in [2.24, 2.45) is 11.7 Å². The molecule has 198 valence electrons. The van der Waals surface area contributed by atoms with Gasteiger partial charge in [-0.1, -0.05) is 24.3 Å². The molecule has 0 heterocycles. The molecular formula is C29H30N2O7. The second-order valence-electron chi connectivity index (χ2n) is 8.67. The van der Waals surface area contributed by atoms with Crippen molar-refractivity contribution >= 4 is 29.4 Å². The Morgan fingerprint density at radius 2 is 1.39 bits per heavy atom. The maximum Gasteiger partial charge on any atom is 0.316 e. The minimum absolute atomic E-state index is 0.00613. The summed E-state index contributed by atoms with van der Waals surface area (Å²) in [6.45, 7) is 0. The number of amides is 2. The van der Waals surface area contributed by atoms with E-state index in [1.807, 2.05) is 12.1 Å². The van der Waals surface area contributed by atoms with Gasteiger partial charge >= 0.3 is 5.97 Å². The highest BCUT2D eigenvalue weighted by Crippen LogP contribution is 2.29. The smallest absolute Gasteiger partial charge is 0.316 e. The quantitative estimate of drug-likeness (QED) is 0.224. The van der Waals surface area contributed by atoms with Crippen LogP contribution in [0.2, 0.25) is 0 Å². The Labute approximate surface area is 221 Å². The Morgan fingerprint density at radius 3 is 1.84 bits per heavy atom. The summed E-state index contributed by atoms with van der Waals surface area (Å²) in [7, 11) is 6.50. The van der Waals surface area contributed by atoms with E-state index in [4.69, 9.17) is 25.1 Å². The number of benzene rings is 3. The van der Waals surface area contributed by atoms with E-state index in [0.29, 0.717) is 39.7 Å². The summed E-state index contributed by atoms with van der Waals surface area (Å²) in [4.78, 5) is 37.1. The Bertz CT molecular complexity index is 1290. The fourth-order valence-corrected chi connectivity index (χ4v) is 3.67. The summed E-state index contributed by atoms with van der Waals surface area (Å²) >= 11 is 0. The first-order valence-electron chi connectivity index (χ1n) is 11.7. The first kappa shape index (κ1) is 27.8. The average Bonchev–Trinajstić information content (AvgIpc) is 2.90. The molecule has 38 heavy (non-hydrogen) atoms. The van der Waals surface area contributed by atoms with E-state index < -0.39 is 17.8 Å². The number of ether oxygens (including phenoxy) is 3. The van der Waals surface area contributed by atoms with E-state index in [2.05, 4.69) is 0 Å². The van der Waals surface area contributed by atoms with Crippen LogP contribution in [0.25, 0.3) is 11.6 Å². The zero-order valence-corrected chi connectivity index (χ0v) is 21.6. The summed E-state index contributed by atoms with van der Waals surface area (Å²) < 4.78 is 16.6. The number of hydrogen-bond donors (Lipinski definition) is 2. The molecule has 0 bridgehead atoms. The van der Waals surface area contributed by atoms with Crippen molar-refractivity contribution in [2.75, 3.05) is 28.3 Å². The van der Waals surface area contributed by atoms with Gasteiger partial charge < -0.3 is 30.0 Å². The fraction of sp³-hybridized carbons (Fsp3) is 0.207. The van der Waals surface area contributed by atoms with Crippen LogP contribution in [0.3, 0.4) is 0 Å². The number of nitrogens with two attached hydrogens (primary N) is 1. The number of carboxylic acid groups (broad SMARTS) is 1. The van der Waals surface area contributed by atoms with Crippen LogP contribution in [0.5, 0.6) is 23.0 Å². The van der Waals surface area contributed by atoms with Crippen molar-refractivity contribution in [1.82, 2.24) is 4.90 Å². The number of carbonyl (C=O) groups excluding carboxylic acids is 2. The zero-order valence-electron chi connectivity index (χ0n) is 21.6. The minimum atomic E-state index is -1.29. The SMILES string of the molecule is COc1cc(C=C(C(=O)N(C)C)c2ccc(Oc3ccc(CC(C(N)=O)C(=O)O)cc3)cc2)cc(OC)c1. The third-order valence-corrected chi connectivity index (χ3v) is 5.73. The molecule has 1 atom stereocenters. The summed E-state index contributed by atoms with van der Waals surface area (Å²) in [6, 6.07) is 19.2. The van der Waals surface area contributed by atoms with Crippen LogP contribution < -0.4 is 19.9 Å². The molecule has 0 fully saturated rings. The highest BCUT2D eigenvalue weighted by atomic mass is 16.5. The number of rotatable bonds is 11. The standard InChI is InChI=1S/C29H30N2O7/c1-31(2)28(33)25(16-19-13-23(36-3)17-24(14-19)37-4)20-7-11-22(12-8-20)38-21-9-5-18(6-10-21)15-26(27(30)32)29(34)35/h5-14,16-17,26H,15H2,1-4H3,(H2,30,32)(H,34,35). The molecule has 9 heteroatoms. The lowest BCUT2D eigenvalue weighted by atomic mass is 9.99. The van der Waals surface area contributed by atoms with Gasteiger partial charge in [-0.2, -0.15) is 0 Å². The highest BCUT2D eigenvalue weighted by molar-refractivity contribution is 6.24. The van der Waals surface area contributed by atoms with Gasteiger partial charge in [0.1, 0.15) is 28.9 Å². The van der Waals surface area contributed by atoms with Gasteiger partial charge in [-0.3, -0.25) is 14.4 Å². The lowest BCUT2D eigenvalue weighted by molar-refractivity contribution is -0.146. The van der Waals surface area contributed by atoms with Gasteiger partial charge in [0.05, 0.1) is 14.2 Å². The van der Waals surface area contributed by atoms with Crippen LogP contribution in [0.15, 0.2) is 66.7 Å². The first-order chi connectivity index (χ1) is 18.1. The number of hydrogen-bond acceptors (Lipinski definition) is 6. The lowest BCUT2D eigenvalue weighted by Crippen LogP contribution is -2.31. The molecule has 1 unspecified atom stereocenters. The number of methoxy groups -OCH3 is 2. The monoisotopic (exact) mass is 518 g/mol. The van der Waals surface area contributed by atoms with Crippen molar-refractivity contribution < 1.29 is 33.7 Å². The molecule has 3 aromatic carbocycles. The topological polar surface area (TPSA) is 128 Å². The van der Waals surface area contributed by atoms with Crippen LogP contribution in [0, 0.1) is 5.92 Å². The third-order valence-electron chi connectivity index (χ3n) is 5.73. The predicted molar refractivity (Wildman–Crippen MR) is 143 cm³/mol. The number of nitrogens with zero attached hydrogens (tertiary/aromatic N) is 1. The molecule has 3 rings (SSSR count). The number of primary amides is 1. The Kier molecular flexibility index (Phi) is 9.10. The Hall–Kier alpha value is -4.79. The normalized spacial score (nSPS) is 11.8. The third kappa shape index (κ3) is 7.13. The first-order valence-corrected chi connectivity index (χ1v) is 11.7. The van der Waals surface area contributed by atoms with E-state index in [1.165, 1.54) is 4.90 Å². The number of carboxylic acids is 1. The molecule has 2 amide bonds. The van der Waals surface area contributed by atoms with Crippen molar-refractivity contribution in [3.63, 3.8) is 0 Å². The summed E-state index contributed by atoms with van der Waals surface area (Å²) in [6.07, 6.45) is 1.77. The highest BCUT2D eigenvalue weighted by Gasteiger charge is 2.24.